The Bertz CT molecular complexity index is 565. The van der Waals surface area contributed by atoms with E-state index >= 15 is 0 Å². The van der Waals surface area contributed by atoms with E-state index in [-0.39, 0.29) is 12.1 Å². The van der Waals surface area contributed by atoms with Crippen molar-refractivity contribution in [3.63, 3.8) is 0 Å². The number of hydrogen-bond donors (Lipinski definition) is 2. The van der Waals surface area contributed by atoms with Gasteiger partial charge < -0.3 is 20.4 Å². The summed E-state index contributed by atoms with van der Waals surface area (Å²) in [6.07, 6.45) is 7.74. The molecule has 0 bridgehead atoms. The Balaban J connectivity index is 1.28. The molecule has 2 atom stereocenters. The maximum absolute atomic E-state index is 12.1. The standard InChI is InChI=1S/C20H34N6O/c1-16-13-17(2)15-25(14-16)10-4-9-23-20(27)24-18-5-11-26(12-6-18)19-21-7-3-8-22-19/h3,7-8,16-18H,4-6,9-15H2,1-2H3,(H2,23,24,27). The molecule has 150 valence electrons. The van der Waals surface area contributed by atoms with Gasteiger partial charge in [0.05, 0.1) is 0 Å². The first-order chi connectivity index (χ1) is 13.1. The van der Waals surface area contributed by atoms with E-state index < -0.39 is 0 Å². The van der Waals surface area contributed by atoms with Gasteiger partial charge in [0.2, 0.25) is 5.95 Å². The lowest BCUT2D eigenvalue weighted by Gasteiger charge is -2.35. The molecule has 1 aromatic heterocycles. The minimum atomic E-state index is -0.0372. The van der Waals surface area contributed by atoms with E-state index in [1.807, 2.05) is 6.07 Å². The zero-order valence-electron chi connectivity index (χ0n) is 16.7. The van der Waals surface area contributed by atoms with Crippen molar-refractivity contribution < 1.29 is 4.79 Å². The third-order valence-corrected chi connectivity index (χ3v) is 5.55. The summed E-state index contributed by atoms with van der Waals surface area (Å²) in [7, 11) is 0. The first-order valence-corrected chi connectivity index (χ1v) is 10.4. The summed E-state index contributed by atoms with van der Waals surface area (Å²) >= 11 is 0. The summed E-state index contributed by atoms with van der Waals surface area (Å²) in [5.41, 5.74) is 0. The van der Waals surface area contributed by atoms with Crippen molar-refractivity contribution in [2.75, 3.05) is 44.2 Å². The van der Waals surface area contributed by atoms with Crippen LogP contribution in [-0.4, -0.2) is 66.2 Å². The highest BCUT2D eigenvalue weighted by Gasteiger charge is 2.23. The van der Waals surface area contributed by atoms with Crippen molar-refractivity contribution in [3.8, 4) is 0 Å². The normalized spacial score (nSPS) is 24.6. The van der Waals surface area contributed by atoms with Crippen LogP contribution in [0.1, 0.15) is 39.5 Å². The highest BCUT2D eigenvalue weighted by molar-refractivity contribution is 5.74. The van der Waals surface area contributed by atoms with Gasteiger partial charge in [0, 0.05) is 51.2 Å². The lowest BCUT2D eigenvalue weighted by Crippen LogP contribution is -2.48. The number of anilines is 1. The van der Waals surface area contributed by atoms with E-state index in [1.54, 1.807) is 12.4 Å². The van der Waals surface area contributed by atoms with E-state index in [4.69, 9.17) is 0 Å². The van der Waals surface area contributed by atoms with Crippen LogP contribution < -0.4 is 15.5 Å². The molecule has 2 saturated heterocycles. The summed E-state index contributed by atoms with van der Waals surface area (Å²) < 4.78 is 0. The minimum Gasteiger partial charge on any atom is -0.341 e. The molecule has 2 unspecified atom stereocenters. The van der Waals surface area contributed by atoms with Crippen molar-refractivity contribution >= 4 is 12.0 Å². The Labute approximate surface area is 162 Å². The van der Waals surface area contributed by atoms with Crippen molar-refractivity contribution in [1.29, 1.82) is 0 Å². The molecule has 3 heterocycles. The van der Waals surface area contributed by atoms with E-state index in [0.717, 1.165) is 63.2 Å². The molecule has 27 heavy (non-hydrogen) atoms. The van der Waals surface area contributed by atoms with Gasteiger partial charge in [-0.1, -0.05) is 13.8 Å². The predicted molar refractivity (Wildman–Crippen MR) is 108 cm³/mol. The number of carbonyl (C=O) groups is 1. The molecular weight excluding hydrogens is 340 g/mol. The summed E-state index contributed by atoms with van der Waals surface area (Å²) in [5, 5.41) is 6.13. The third kappa shape index (κ3) is 6.34. The maximum Gasteiger partial charge on any atom is 0.315 e. The number of aromatic nitrogens is 2. The number of nitrogens with one attached hydrogen (secondary N) is 2. The van der Waals surface area contributed by atoms with Crippen LogP contribution in [-0.2, 0) is 0 Å². The van der Waals surface area contributed by atoms with Gasteiger partial charge in [-0.05, 0) is 50.1 Å². The van der Waals surface area contributed by atoms with Crippen LogP contribution in [0.3, 0.4) is 0 Å². The fraction of sp³-hybridized carbons (Fsp3) is 0.750. The van der Waals surface area contributed by atoms with Gasteiger partial charge in [0.15, 0.2) is 0 Å². The number of carbonyl (C=O) groups excluding carboxylic acids is 1. The summed E-state index contributed by atoms with van der Waals surface area (Å²) in [6, 6.07) is 2.02. The number of piperidine rings is 2. The first-order valence-electron chi connectivity index (χ1n) is 10.4. The number of rotatable bonds is 6. The molecule has 2 aliphatic rings. The van der Waals surface area contributed by atoms with Crippen molar-refractivity contribution in [3.05, 3.63) is 18.5 Å². The predicted octanol–water partition coefficient (Wildman–Crippen LogP) is 2.11. The summed E-state index contributed by atoms with van der Waals surface area (Å²) in [6.45, 7) is 10.6. The lowest BCUT2D eigenvalue weighted by atomic mass is 9.92. The van der Waals surface area contributed by atoms with Crippen LogP contribution in [0, 0.1) is 11.8 Å². The number of likely N-dealkylation sites (tertiary alicyclic amines) is 1. The second kappa shape index (κ2) is 9.88. The second-order valence-electron chi connectivity index (χ2n) is 8.27. The average Bonchev–Trinajstić information content (AvgIpc) is 2.66. The SMILES string of the molecule is CC1CC(C)CN(CCCNC(=O)NC2CCN(c3ncccn3)CC2)C1. The Kier molecular flexibility index (Phi) is 7.26. The van der Waals surface area contributed by atoms with E-state index in [0.29, 0.717) is 0 Å². The number of urea groups is 1. The second-order valence-corrected chi connectivity index (χ2v) is 8.27. The van der Waals surface area contributed by atoms with Gasteiger partial charge >= 0.3 is 6.03 Å². The molecule has 0 aromatic carbocycles. The molecule has 0 saturated carbocycles. The Morgan fingerprint density at radius 1 is 1.15 bits per heavy atom. The molecule has 0 aliphatic carbocycles. The van der Waals surface area contributed by atoms with Crippen LogP contribution in [0.2, 0.25) is 0 Å². The van der Waals surface area contributed by atoms with Crippen molar-refractivity contribution in [2.24, 2.45) is 11.8 Å². The van der Waals surface area contributed by atoms with Gasteiger partial charge in [-0.3, -0.25) is 0 Å². The molecule has 0 radical (unpaired) electrons. The van der Waals surface area contributed by atoms with E-state index in [9.17, 15) is 4.79 Å². The Morgan fingerprint density at radius 3 is 2.48 bits per heavy atom. The molecule has 7 nitrogen and oxygen atoms in total. The fourth-order valence-corrected chi connectivity index (χ4v) is 4.39. The van der Waals surface area contributed by atoms with Crippen LogP contribution in [0.5, 0.6) is 0 Å². The summed E-state index contributed by atoms with van der Waals surface area (Å²) in [4.78, 5) is 25.5. The molecule has 7 heteroatoms. The Morgan fingerprint density at radius 2 is 1.81 bits per heavy atom. The van der Waals surface area contributed by atoms with Gasteiger partial charge in [0.1, 0.15) is 0 Å². The molecular formula is C20H34N6O. The quantitative estimate of drug-likeness (QED) is 0.746. The van der Waals surface area contributed by atoms with Crippen LogP contribution in [0.25, 0.3) is 0 Å². The molecule has 2 N–H and O–H groups in total. The minimum absolute atomic E-state index is 0.0372. The van der Waals surface area contributed by atoms with E-state index in [1.165, 1.54) is 19.5 Å². The Hall–Kier alpha value is -1.89. The molecule has 2 fully saturated rings. The van der Waals surface area contributed by atoms with Crippen LogP contribution in [0.15, 0.2) is 18.5 Å². The fourth-order valence-electron chi connectivity index (χ4n) is 4.39. The zero-order valence-corrected chi connectivity index (χ0v) is 16.7. The first kappa shape index (κ1) is 19.9. The average molecular weight is 375 g/mol. The van der Waals surface area contributed by atoms with Gasteiger partial charge in [-0.25, -0.2) is 14.8 Å². The van der Waals surface area contributed by atoms with Crippen LogP contribution >= 0.6 is 0 Å². The lowest BCUT2D eigenvalue weighted by molar-refractivity contribution is 0.139. The zero-order chi connectivity index (χ0) is 19.1. The van der Waals surface area contributed by atoms with Gasteiger partial charge in [0.25, 0.3) is 0 Å². The monoisotopic (exact) mass is 374 g/mol. The maximum atomic E-state index is 12.1. The molecule has 2 aliphatic heterocycles. The van der Waals surface area contributed by atoms with Gasteiger partial charge in [-0.15, -0.1) is 0 Å². The largest absolute Gasteiger partial charge is 0.341 e. The van der Waals surface area contributed by atoms with Crippen molar-refractivity contribution in [2.45, 2.75) is 45.6 Å². The highest BCUT2D eigenvalue weighted by Crippen LogP contribution is 2.20. The number of amides is 2. The molecule has 0 spiro atoms. The number of nitrogens with zero attached hydrogens (tertiary/aromatic N) is 4. The van der Waals surface area contributed by atoms with Gasteiger partial charge in [-0.2, -0.15) is 0 Å². The smallest absolute Gasteiger partial charge is 0.315 e. The number of hydrogen-bond acceptors (Lipinski definition) is 5. The summed E-state index contributed by atoms with van der Waals surface area (Å²) in [5.74, 6) is 2.36. The highest BCUT2D eigenvalue weighted by atomic mass is 16.2. The van der Waals surface area contributed by atoms with Crippen molar-refractivity contribution in [1.82, 2.24) is 25.5 Å². The topological polar surface area (TPSA) is 73.4 Å². The molecule has 1 aromatic rings. The molecule has 2 amide bonds. The van der Waals surface area contributed by atoms with E-state index in [2.05, 4.69) is 44.2 Å². The molecule has 3 rings (SSSR count). The van der Waals surface area contributed by atoms with Crippen LogP contribution in [0.4, 0.5) is 10.7 Å². The third-order valence-electron chi connectivity index (χ3n) is 5.55.